The molecule has 128 valence electrons. The van der Waals surface area contributed by atoms with Crippen molar-refractivity contribution >= 4 is 17.7 Å². The minimum absolute atomic E-state index is 0.0408. The highest BCUT2D eigenvalue weighted by molar-refractivity contribution is 5.91. The number of amides is 1. The second-order valence-electron chi connectivity index (χ2n) is 5.54. The van der Waals surface area contributed by atoms with E-state index in [4.69, 9.17) is 5.11 Å². The molecule has 2 heterocycles. The van der Waals surface area contributed by atoms with Gasteiger partial charge in [-0.2, -0.15) is 10.2 Å². The molecule has 0 unspecified atom stereocenters. The maximum atomic E-state index is 12.1. The molecular weight excluding hydrogens is 322 g/mol. The third-order valence-electron chi connectivity index (χ3n) is 3.65. The molecule has 0 saturated carbocycles. The molecule has 0 aliphatic carbocycles. The molecular formula is C17H17N5O3. The fourth-order valence-electron chi connectivity index (χ4n) is 2.45. The van der Waals surface area contributed by atoms with Crippen LogP contribution in [0.15, 0.2) is 48.7 Å². The van der Waals surface area contributed by atoms with Gasteiger partial charge in [0, 0.05) is 18.0 Å². The average molecular weight is 339 g/mol. The molecule has 0 bridgehead atoms. The molecule has 0 aliphatic heterocycles. The number of nitrogens with one attached hydrogen (secondary N) is 1. The van der Waals surface area contributed by atoms with Gasteiger partial charge in [0.15, 0.2) is 5.82 Å². The molecule has 8 heteroatoms. The Balaban J connectivity index is 1.67. The van der Waals surface area contributed by atoms with Crippen molar-refractivity contribution in [3.63, 3.8) is 0 Å². The van der Waals surface area contributed by atoms with Crippen LogP contribution in [0, 0.1) is 6.92 Å². The first kappa shape index (κ1) is 16.4. The summed E-state index contributed by atoms with van der Waals surface area (Å²) >= 11 is 0. The highest BCUT2D eigenvalue weighted by Crippen LogP contribution is 2.11. The first-order chi connectivity index (χ1) is 12.0. The fraction of sp³-hybridized carbons (Fsp3) is 0.176. The van der Waals surface area contributed by atoms with Gasteiger partial charge in [0.1, 0.15) is 12.2 Å². The van der Waals surface area contributed by atoms with Crippen LogP contribution in [0.3, 0.4) is 0 Å². The second kappa shape index (κ2) is 7.00. The number of carboxylic acids is 1. The van der Waals surface area contributed by atoms with Crippen molar-refractivity contribution in [1.29, 1.82) is 0 Å². The lowest BCUT2D eigenvalue weighted by atomic mass is 10.2. The maximum Gasteiger partial charge on any atom is 0.354 e. The predicted molar refractivity (Wildman–Crippen MR) is 90.3 cm³/mol. The third kappa shape index (κ3) is 3.92. The molecule has 2 aromatic heterocycles. The summed E-state index contributed by atoms with van der Waals surface area (Å²) in [6, 6.07) is 13.0. The Morgan fingerprint density at radius 3 is 2.64 bits per heavy atom. The predicted octanol–water partition coefficient (Wildman–Crippen LogP) is 1.77. The Morgan fingerprint density at radius 2 is 1.92 bits per heavy atom. The van der Waals surface area contributed by atoms with Crippen LogP contribution >= 0.6 is 0 Å². The van der Waals surface area contributed by atoms with Gasteiger partial charge < -0.3 is 10.4 Å². The van der Waals surface area contributed by atoms with Crippen molar-refractivity contribution in [3.8, 4) is 0 Å². The molecule has 1 aromatic carbocycles. The third-order valence-corrected chi connectivity index (χ3v) is 3.65. The van der Waals surface area contributed by atoms with Crippen LogP contribution < -0.4 is 5.32 Å². The van der Waals surface area contributed by atoms with Gasteiger partial charge in [-0.25, -0.2) is 9.48 Å². The van der Waals surface area contributed by atoms with Gasteiger partial charge in [0.05, 0.1) is 6.54 Å². The summed E-state index contributed by atoms with van der Waals surface area (Å²) in [4.78, 5) is 23.2. The van der Waals surface area contributed by atoms with E-state index in [1.165, 1.54) is 12.3 Å². The standard InChI is InChI=1S/C17H17N5O3/c1-12-9-15(20-21(12)10-13-5-3-2-4-6-13)19-16(23)11-22-14(17(24)25)7-8-18-22/h2-9H,10-11H2,1H3,(H,24,25)(H,19,20,23). The van der Waals surface area contributed by atoms with Crippen LogP contribution in [0.25, 0.3) is 0 Å². The number of carboxylic acid groups (broad SMARTS) is 1. The van der Waals surface area contributed by atoms with Gasteiger partial charge in [0.2, 0.25) is 5.91 Å². The summed E-state index contributed by atoms with van der Waals surface area (Å²) in [6.07, 6.45) is 1.34. The number of hydrogen-bond donors (Lipinski definition) is 2. The Kier molecular flexibility index (Phi) is 4.60. The van der Waals surface area contributed by atoms with Gasteiger partial charge in [-0.15, -0.1) is 0 Å². The highest BCUT2D eigenvalue weighted by atomic mass is 16.4. The Bertz CT molecular complexity index is 898. The van der Waals surface area contributed by atoms with Gasteiger partial charge >= 0.3 is 5.97 Å². The number of aryl methyl sites for hydroxylation is 1. The van der Waals surface area contributed by atoms with E-state index < -0.39 is 11.9 Å². The molecule has 3 aromatic rings. The van der Waals surface area contributed by atoms with E-state index in [9.17, 15) is 9.59 Å². The molecule has 0 radical (unpaired) electrons. The number of benzene rings is 1. The van der Waals surface area contributed by atoms with Crippen LogP contribution in [-0.4, -0.2) is 36.5 Å². The lowest BCUT2D eigenvalue weighted by molar-refractivity contribution is -0.116. The Labute approximate surface area is 143 Å². The van der Waals surface area contributed by atoms with E-state index in [0.717, 1.165) is 15.9 Å². The SMILES string of the molecule is Cc1cc(NC(=O)Cn2nccc2C(=O)O)nn1Cc1ccccc1. The molecule has 0 aliphatic rings. The van der Waals surface area contributed by atoms with E-state index >= 15 is 0 Å². The Morgan fingerprint density at radius 1 is 1.16 bits per heavy atom. The van der Waals surface area contributed by atoms with Crippen LogP contribution in [-0.2, 0) is 17.9 Å². The fourth-order valence-corrected chi connectivity index (χ4v) is 2.45. The summed E-state index contributed by atoms with van der Waals surface area (Å²) in [5.41, 5.74) is 1.97. The summed E-state index contributed by atoms with van der Waals surface area (Å²) in [5.74, 6) is -1.11. The van der Waals surface area contributed by atoms with Gasteiger partial charge in [-0.3, -0.25) is 9.48 Å². The number of hydrogen-bond acceptors (Lipinski definition) is 4. The summed E-state index contributed by atoms with van der Waals surface area (Å²) < 4.78 is 2.92. The zero-order valence-electron chi connectivity index (χ0n) is 13.6. The Hall–Kier alpha value is -3.42. The maximum absolute atomic E-state index is 12.1. The number of anilines is 1. The number of carbonyl (C=O) groups excluding carboxylic acids is 1. The first-order valence-corrected chi connectivity index (χ1v) is 7.66. The number of rotatable bonds is 6. The molecule has 1 amide bonds. The number of carbonyl (C=O) groups is 2. The number of aromatic nitrogens is 4. The minimum Gasteiger partial charge on any atom is -0.477 e. The quantitative estimate of drug-likeness (QED) is 0.712. The van der Waals surface area contributed by atoms with E-state index in [1.54, 1.807) is 10.7 Å². The minimum atomic E-state index is -1.13. The van der Waals surface area contributed by atoms with Gasteiger partial charge in [-0.1, -0.05) is 30.3 Å². The van der Waals surface area contributed by atoms with Crippen molar-refractivity contribution in [2.45, 2.75) is 20.0 Å². The zero-order chi connectivity index (χ0) is 17.8. The second-order valence-corrected chi connectivity index (χ2v) is 5.54. The van der Waals surface area contributed by atoms with Crippen LogP contribution in [0.4, 0.5) is 5.82 Å². The van der Waals surface area contributed by atoms with Crippen molar-refractivity contribution in [2.24, 2.45) is 0 Å². The van der Waals surface area contributed by atoms with E-state index in [1.807, 2.05) is 37.3 Å². The lowest BCUT2D eigenvalue weighted by Crippen LogP contribution is -2.22. The van der Waals surface area contributed by atoms with Crippen LogP contribution in [0.1, 0.15) is 21.7 Å². The molecule has 2 N–H and O–H groups in total. The molecule has 0 saturated heterocycles. The molecule has 0 spiro atoms. The smallest absolute Gasteiger partial charge is 0.354 e. The van der Waals surface area contributed by atoms with Crippen molar-refractivity contribution in [2.75, 3.05) is 5.32 Å². The zero-order valence-corrected chi connectivity index (χ0v) is 13.6. The normalized spacial score (nSPS) is 10.6. The molecule has 0 atom stereocenters. The molecule has 25 heavy (non-hydrogen) atoms. The number of aromatic carboxylic acids is 1. The van der Waals surface area contributed by atoms with E-state index in [-0.39, 0.29) is 12.2 Å². The lowest BCUT2D eigenvalue weighted by Gasteiger charge is -2.05. The first-order valence-electron chi connectivity index (χ1n) is 7.66. The molecule has 3 rings (SSSR count). The summed E-state index contributed by atoms with van der Waals surface area (Å²) in [6.45, 7) is 2.31. The number of nitrogens with zero attached hydrogens (tertiary/aromatic N) is 4. The summed E-state index contributed by atoms with van der Waals surface area (Å²) in [7, 11) is 0. The van der Waals surface area contributed by atoms with Crippen LogP contribution in [0.5, 0.6) is 0 Å². The molecule has 8 nitrogen and oxygen atoms in total. The highest BCUT2D eigenvalue weighted by Gasteiger charge is 2.14. The van der Waals surface area contributed by atoms with E-state index in [2.05, 4.69) is 15.5 Å². The summed E-state index contributed by atoms with van der Waals surface area (Å²) in [5, 5.41) is 19.9. The topological polar surface area (TPSA) is 102 Å². The monoisotopic (exact) mass is 339 g/mol. The van der Waals surface area contributed by atoms with Gasteiger partial charge in [0.25, 0.3) is 0 Å². The van der Waals surface area contributed by atoms with Crippen molar-refractivity contribution in [1.82, 2.24) is 19.6 Å². The van der Waals surface area contributed by atoms with Crippen molar-refractivity contribution < 1.29 is 14.7 Å². The molecule has 0 fully saturated rings. The van der Waals surface area contributed by atoms with E-state index in [0.29, 0.717) is 12.4 Å². The van der Waals surface area contributed by atoms with Gasteiger partial charge in [-0.05, 0) is 18.6 Å². The van der Waals surface area contributed by atoms with Crippen LogP contribution in [0.2, 0.25) is 0 Å². The average Bonchev–Trinajstić information content (AvgIpc) is 3.15. The van der Waals surface area contributed by atoms with Crippen molar-refractivity contribution in [3.05, 3.63) is 65.6 Å². The largest absolute Gasteiger partial charge is 0.477 e.